The molecule has 0 bridgehead atoms. The average molecular weight is 165 g/mol. The van der Waals surface area contributed by atoms with Gasteiger partial charge in [-0.25, -0.2) is 18.6 Å². The van der Waals surface area contributed by atoms with Crippen LogP contribution < -0.4 is 70.0 Å². The van der Waals surface area contributed by atoms with Crippen molar-refractivity contribution in [3.63, 3.8) is 0 Å². The predicted octanol–water partition coefficient (Wildman–Crippen LogP) is -7.50. The maximum atomic E-state index is 8.49. The fraction of sp³-hybridized carbons (Fsp3) is 0. The largest absolute Gasteiger partial charge is 1.00 e. The van der Waals surface area contributed by atoms with Crippen molar-refractivity contribution in [1.29, 1.82) is 0 Å². The van der Waals surface area contributed by atoms with E-state index in [-0.39, 0.29) is 51.4 Å². The van der Waals surface area contributed by atoms with Crippen molar-refractivity contribution in [3.8, 4) is 12.8 Å². The molecular weight excluding hydrogens is 163 g/mol. The van der Waals surface area contributed by atoms with Crippen LogP contribution in [0.5, 0.6) is 0 Å². The third-order valence-electron chi connectivity index (χ3n) is 0. The molecule has 0 aliphatic carbocycles. The molecule has 0 atom stereocenters. The number of halogens is 1. The molecule has 0 heterocycles. The maximum absolute atomic E-state index is 8.49. The van der Waals surface area contributed by atoms with Crippen molar-refractivity contribution >= 4 is 0 Å². The molecule has 0 aliphatic heterocycles. The van der Waals surface area contributed by atoms with Gasteiger partial charge in [0.15, 0.2) is 0 Å². The summed E-state index contributed by atoms with van der Waals surface area (Å²) in [7, 11) is -4.94. The molecule has 0 radical (unpaired) electrons. The summed E-state index contributed by atoms with van der Waals surface area (Å²) >= 11 is 0. The zero-order chi connectivity index (χ0) is 6.50. The molecule has 0 saturated carbocycles. The maximum Gasteiger partial charge on any atom is 1.00 e. The van der Waals surface area contributed by atoms with Crippen LogP contribution in [0.1, 0.15) is 0 Å². The van der Waals surface area contributed by atoms with E-state index in [0.717, 1.165) is 0 Å². The second-order valence-electron chi connectivity index (χ2n) is 0.378. The fourth-order valence-electron chi connectivity index (χ4n) is 0. The van der Waals surface area contributed by atoms with Gasteiger partial charge < -0.3 is 0 Å². The summed E-state index contributed by atoms with van der Waals surface area (Å²) in [6.45, 7) is 0. The third kappa shape index (κ3) is 167. The summed E-state index contributed by atoms with van der Waals surface area (Å²) in [6.07, 6.45) is 8.00. The number of hydrogen-bond donors (Lipinski definition) is 0. The molecular formula is C2H2ClKO4. The molecule has 0 fully saturated rings. The van der Waals surface area contributed by atoms with E-state index in [0.29, 0.717) is 0 Å². The first kappa shape index (κ1) is 16.2. The van der Waals surface area contributed by atoms with Gasteiger partial charge in [0.25, 0.3) is 0 Å². The standard InChI is InChI=1S/C2H2.ClHO4.K/c1-2;2-1(3,4)5;/h1-2H;(H,2,3,4,5);/q;;+1/p-1. The molecule has 0 unspecified atom stereocenters. The molecule has 0 saturated heterocycles. The molecule has 4 nitrogen and oxygen atoms in total. The Morgan fingerprint density at radius 2 is 0.875 bits per heavy atom. The van der Waals surface area contributed by atoms with Crippen LogP contribution in [0.3, 0.4) is 0 Å². The molecule has 8 heavy (non-hydrogen) atoms. The van der Waals surface area contributed by atoms with Crippen LogP contribution in [0.25, 0.3) is 0 Å². The first-order chi connectivity index (χ1) is 3.00. The van der Waals surface area contributed by atoms with Gasteiger partial charge in [-0.3, -0.25) is 0 Å². The van der Waals surface area contributed by atoms with Crippen LogP contribution in [0.15, 0.2) is 0 Å². The Balaban J connectivity index is -0.0000000750. The van der Waals surface area contributed by atoms with Crippen LogP contribution in [-0.2, 0) is 0 Å². The smallest absolute Gasteiger partial charge is 0.222 e. The van der Waals surface area contributed by atoms with Gasteiger partial charge in [0.1, 0.15) is 0 Å². The second kappa shape index (κ2) is 8.33. The van der Waals surface area contributed by atoms with Crippen LogP contribution in [0, 0.1) is 23.1 Å². The first-order valence-corrected chi connectivity index (χ1v) is 2.18. The monoisotopic (exact) mass is 164 g/mol. The van der Waals surface area contributed by atoms with Gasteiger partial charge in [0.05, 0.1) is 0 Å². The zero-order valence-electron chi connectivity index (χ0n) is 4.17. The Kier molecular flexibility index (Phi) is 16.8. The van der Waals surface area contributed by atoms with Crippen LogP contribution in [0.2, 0.25) is 0 Å². The molecule has 0 spiro atoms. The molecule has 0 amide bonds. The minimum Gasteiger partial charge on any atom is -0.222 e. The summed E-state index contributed by atoms with van der Waals surface area (Å²) in [4.78, 5) is 0. The van der Waals surface area contributed by atoms with E-state index < -0.39 is 10.2 Å². The number of terminal acetylenes is 1. The van der Waals surface area contributed by atoms with E-state index in [1.807, 2.05) is 0 Å². The SMILES string of the molecule is C#C.[K+].[O-][Cl+3]([O-])([O-])[O-]. The van der Waals surface area contributed by atoms with E-state index in [4.69, 9.17) is 18.6 Å². The minimum absolute atomic E-state index is 0. The molecule has 0 rings (SSSR count). The Bertz CT molecular complexity index is 50.8. The van der Waals surface area contributed by atoms with E-state index in [2.05, 4.69) is 12.8 Å². The van der Waals surface area contributed by atoms with Crippen molar-refractivity contribution in [1.82, 2.24) is 0 Å². The Labute approximate surface area is 91.7 Å². The van der Waals surface area contributed by atoms with Gasteiger partial charge in [0.2, 0.25) is 0 Å². The minimum atomic E-state index is -4.94. The normalized spacial score (nSPS) is 7.75. The first-order valence-electron chi connectivity index (χ1n) is 0.951. The average Bonchev–Trinajstić information content (AvgIpc) is 1.36. The molecule has 6 heteroatoms. The second-order valence-corrected chi connectivity index (χ2v) is 1.13. The molecule has 0 N–H and O–H groups in total. The van der Waals surface area contributed by atoms with Gasteiger partial charge in [-0.15, -0.1) is 23.1 Å². The van der Waals surface area contributed by atoms with E-state index in [1.54, 1.807) is 0 Å². The van der Waals surface area contributed by atoms with Crippen LogP contribution in [-0.4, -0.2) is 0 Å². The fourth-order valence-corrected chi connectivity index (χ4v) is 0. The molecule has 0 aromatic heterocycles. The van der Waals surface area contributed by atoms with Gasteiger partial charge in [-0.1, -0.05) is 0 Å². The van der Waals surface area contributed by atoms with Gasteiger partial charge in [0, 0.05) is 0 Å². The van der Waals surface area contributed by atoms with E-state index in [9.17, 15) is 0 Å². The van der Waals surface area contributed by atoms with Crippen LogP contribution >= 0.6 is 0 Å². The van der Waals surface area contributed by atoms with Crippen molar-refractivity contribution in [2.24, 2.45) is 0 Å². The molecule has 42 valence electrons. The summed E-state index contributed by atoms with van der Waals surface area (Å²) in [5.74, 6) is 0. The number of rotatable bonds is 0. The third-order valence-corrected chi connectivity index (χ3v) is 0. The van der Waals surface area contributed by atoms with Crippen molar-refractivity contribution in [3.05, 3.63) is 0 Å². The Morgan fingerprint density at radius 3 is 0.875 bits per heavy atom. The zero-order valence-corrected chi connectivity index (χ0v) is 8.04. The van der Waals surface area contributed by atoms with Crippen molar-refractivity contribution in [2.75, 3.05) is 0 Å². The predicted molar refractivity (Wildman–Crippen MR) is 9.89 cm³/mol. The molecule has 0 aliphatic rings. The molecule has 0 aromatic carbocycles. The van der Waals surface area contributed by atoms with Crippen LogP contribution in [0.4, 0.5) is 0 Å². The van der Waals surface area contributed by atoms with Gasteiger partial charge in [-0.2, -0.15) is 0 Å². The molecule has 0 aromatic rings. The topological polar surface area (TPSA) is 92.2 Å². The Hall–Kier alpha value is 1.33. The summed E-state index contributed by atoms with van der Waals surface area (Å²) < 4.78 is 34.0. The summed E-state index contributed by atoms with van der Waals surface area (Å²) in [5.41, 5.74) is 0. The van der Waals surface area contributed by atoms with E-state index >= 15 is 0 Å². The Morgan fingerprint density at radius 1 is 0.875 bits per heavy atom. The van der Waals surface area contributed by atoms with E-state index in [1.165, 1.54) is 0 Å². The van der Waals surface area contributed by atoms with Gasteiger partial charge >= 0.3 is 51.4 Å². The number of hydrogen-bond acceptors (Lipinski definition) is 4. The summed E-state index contributed by atoms with van der Waals surface area (Å²) in [6, 6.07) is 0. The van der Waals surface area contributed by atoms with Crippen molar-refractivity contribution < 1.29 is 80.3 Å². The van der Waals surface area contributed by atoms with Gasteiger partial charge in [-0.05, 0) is 0 Å². The summed E-state index contributed by atoms with van der Waals surface area (Å²) in [5, 5.41) is 0. The van der Waals surface area contributed by atoms with Crippen molar-refractivity contribution in [2.45, 2.75) is 0 Å². The quantitative estimate of drug-likeness (QED) is 0.263.